The van der Waals surface area contributed by atoms with E-state index < -0.39 is 0 Å². The maximum absolute atomic E-state index is 5.70. The van der Waals surface area contributed by atoms with Gasteiger partial charge in [0.05, 0.1) is 6.54 Å². The molecule has 0 atom stereocenters. The normalized spacial score (nSPS) is 14.9. The molecule has 3 nitrogen and oxygen atoms in total. The SMILES string of the molecule is CC(C)NC(=S)N1CCOc2ccccc2C1. The molecular weight excluding hydrogens is 232 g/mol. The lowest BCUT2D eigenvalue weighted by Crippen LogP contribution is -2.43. The summed E-state index contributed by atoms with van der Waals surface area (Å²) in [6.45, 7) is 6.50. The molecule has 0 unspecified atom stereocenters. The fraction of sp³-hybridized carbons (Fsp3) is 0.462. The molecule has 17 heavy (non-hydrogen) atoms. The average Bonchev–Trinajstić information content (AvgIpc) is 2.49. The van der Waals surface area contributed by atoms with Gasteiger partial charge in [-0.15, -0.1) is 0 Å². The molecule has 1 heterocycles. The minimum absolute atomic E-state index is 0.363. The number of hydrogen-bond acceptors (Lipinski definition) is 2. The van der Waals surface area contributed by atoms with Crippen LogP contribution in [0.25, 0.3) is 0 Å². The summed E-state index contributed by atoms with van der Waals surface area (Å²) < 4.78 is 5.70. The van der Waals surface area contributed by atoms with E-state index in [0.717, 1.165) is 24.0 Å². The smallest absolute Gasteiger partial charge is 0.169 e. The summed E-state index contributed by atoms with van der Waals surface area (Å²) in [5.41, 5.74) is 1.19. The minimum Gasteiger partial charge on any atom is -0.491 e. The van der Waals surface area contributed by atoms with E-state index in [1.165, 1.54) is 5.56 Å². The van der Waals surface area contributed by atoms with Crippen LogP contribution in [0.15, 0.2) is 24.3 Å². The second kappa shape index (κ2) is 5.36. The van der Waals surface area contributed by atoms with Gasteiger partial charge in [0.15, 0.2) is 5.11 Å². The highest BCUT2D eigenvalue weighted by atomic mass is 32.1. The number of hydrogen-bond donors (Lipinski definition) is 1. The summed E-state index contributed by atoms with van der Waals surface area (Å²) in [5, 5.41) is 4.08. The molecule has 0 amide bonds. The molecule has 2 rings (SSSR count). The van der Waals surface area contributed by atoms with Crippen molar-refractivity contribution >= 4 is 17.3 Å². The molecule has 4 heteroatoms. The third-order valence-electron chi connectivity index (χ3n) is 2.65. The van der Waals surface area contributed by atoms with E-state index in [1.807, 2.05) is 18.2 Å². The molecule has 1 aromatic rings. The van der Waals surface area contributed by atoms with E-state index in [2.05, 4.69) is 30.1 Å². The lowest BCUT2D eigenvalue weighted by molar-refractivity contribution is 0.287. The first-order chi connectivity index (χ1) is 8.16. The van der Waals surface area contributed by atoms with Crippen molar-refractivity contribution in [2.45, 2.75) is 26.4 Å². The van der Waals surface area contributed by atoms with Crippen LogP contribution in [0.4, 0.5) is 0 Å². The Morgan fingerprint density at radius 1 is 1.41 bits per heavy atom. The molecule has 92 valence electrons. The van der Waals surface area contributed by atoms with Gasteiger partial charge in [0.25, 0.3) is 0 Å². The van der Waals surface area contributed by atoms with Crippen LogP contribution in [-0.4, -0.2) is 29.2 Å². The van der Waals surface area contributed by atoms with Gasteiger partial charge in [0.2, 0.25) is 0 Å². The van der Waals surface area contributed by atoms with E-state index in [9.17, 15) is 0 Å². The molecule has 0 bridgehead atoms. The Labute approximate surface area is 108 Å². The van der Waals surface area contributed by atoms with E-state index in [4.69, 9.17) is 17.0 Å². The molecule has 1 N–H and O–H groups in total. The highest BCUT2D eigenvalue weighted by molar-refractivity contribution is 7.80. The molecule has 1 aromatic carbocycles. The van der Waals surface area contributed by atoms with Gasteiger partial charge in [-0.2, -0.15) is 0 Å². The summed E-state index contributed by atoms with van der Waals surface area (Å²) in [6.07, 6.45) is 0. The Morgan fingerprint density at radius 2 is 2.18 bits per heavy atom. The number of nitrogens with one attached hydrogen (secondary N) is 1. The van der Waals surface area contributed by atoms with Crippen LogP contribution in [0.3, 0.4) is 0 Å². The maximum atomic E-state index is 5.70. The molecule has 0 radical (unpaired) electrons. The van der Waals surface area contributed by atoms with Crippen molar-refractivity contribution in [1.29, 1.82) is 0 Å². The van der Waals surface area contributed by atoms with Crippen molar-refractivity contribution in [3.05, 3.63) is 29.8 Å². The monoisotopic (exact) mass is 250 g/mol. The van der Waals surface area contributed by atoms with Crippen LogP contribution in [0.5, 0.6) is 5.75 Å². The third-order valence-corrected chi connectivity index (χ3v) is 3.03. The zero-order chi connectivity index (χ0) is 12.3. The summed E-state index contributed by atoms with van der Waals surface area (Å²) in [6, 6.07) is 8.50. The Morgan fingerprint density at radius 3 is 2.94 bits per heavy atom. The first kappa shape index (κ1) is 12.2. The van der Waals surface area contributed by atoms with E-state index >= 15 is 0 Å². The zero-order valence-corrected chi connectivity index (χ0v) is 11.1. The molecule has 0 fully saturated rings. The largest absolute Gasteiger partial charge is 0.491 e. The Kier molecular flexibility index (Phi) is 3.84. The van der Waals surface area contributed by atoms with Crippen molar-refractivity contribution in [3.63, 3.8) is 0 Å². The van der Waals surface area contributed by atoms with Crippen LogP contribution in [0, 0.1) is 0 Å². The number of rotatable bonds is 1. The Bertz CT molecular complexity index is 406. The van der Waals surface area contributed by atoms with Gasteiger partial charge < -0.3 is 15.0 Å². The van der Waals surface area contributed by atoms with Crippen LogP contribution in [0.2, 0.25) is 0 Å². The topological polar surface area (TPSA) is 24.5 Å². The molecule has 0 spiro atoms. The molecular formula is C13H18N2OS. The summed E-state index contributed by atoms with van der Waals surface area (Å²) in [5.74, 6) is 0.974. The van der Waals surface area contributed by atoms with Crippen molar-refractivity contribution in [2.24, 2.45) is 0 Å². The maximum Gasteiger partial charge on any atom is 0.169 e. The first-order valence-electron chi connectivity index (χ1n) is 5.93. The third kappa shape index (κ3) is 3.09. The summed E-state index contributed by atoms with van der Waals surface area (Å²) >= 11 is 5.40. The van der Waals surface area contributed by atoms with E-state index in [-0.39, 0.29) is 0 Å². The van der Waals surface area contributed by atoms with Gasteiger partial charge >= 0.3 is 0 Å². The fourth-order valence-electron chi connectivity index (χ4n) is 1.84. The average molecular weight is 250 g/mol. The van der Waals surface area contributed by atoms with E-state index in [0.29, 0.717) is 12.6 Å². The highest BCUT2D eigenvalue weighted by Crippen LogP contribution is 2.22. The number of para-hydroxylation sites is 1. The Balaban J connectivity index is 2.10. The van der Waals surface area contributed by atoms with Gasteiger partial charge in [-0.3, -0.25) is 0 Å². The Hall–Kier alpha value is -1.29. The second-order valence-electron chi connectivity index (χ2n) is 4.48. The summed E-state index contributed by atoms with van der Waals surface area (Å²) in [4.78, 5) is 2.15. The molecule has 1 aliphatic heterocycles. The second-order valence-corrected chi connectivity index (χ2v) is 4.87. The van der Waals surface area contributed by atoms with Crippen molar-refractivity contribution in [1.82, 2.24) is 10.2 Å². The van der Waals surface area contributed by atoms with Gasteiger partial charge in [-0.25, -0.2) is 0 Å². The van der Waals surface area contributed by atoms with Crippen LogP contribution in [0.1, 0.15) is 19.4 Å². The van der Waals surface area contributed by atoms with Gasteiger partial charge in [-0.05, 0) is 32.1 Å². The number of nitrogens with zero attached hydrogens (tertiary/aromatic N) is 1. The van der Waals surface area contributed by atoms with E-state index in [1.54, 1.807) is 0 Å². The van der Waals surface area contributed by atoms with Crippen LogP contribution in [-0.2, 0) is 6.54 Å². The van der Waals surface area contributed by atoms with Crippen molar-refractivity contribution in [3.8, 4) is 5.75 Å². The predicted molar refractivity (Wildman–Crippen MR) is 73.2 cm³/mol. The lowest BCUT2D eigenvalue weighted by atomic mass is 10.2. The molecule has 0 saturated heterocycles. The zero-order valence-electron chi connectivity index (χ0n) is 10.3. The number of thiocarbonyl (C=S) groups is 1. The molecule has 0 aromatic heterocycles. The van der Waals surface area contributed by atoms with Gasteiger partial charge in [-0.1, -0.05) is 18.2 Å². The number of benzene rings is 1. The molecule has 0 saturated carbocycles. The van der Waals surface area contributed by atoms with Gasteiger partial charge in [0.1, 0.15) is 12.4 Å². The van der Waals surface area contributed by atoms with Crippen LogP contribution < -0.4 is 10.1 Å². The van der Waals surface area contributed by atoms with Gasteiger partial charge in [0, 0.05) is 18.2 Å². The lowest BCUT2D eigenvalue weighted by Gasteiger charge is -2.25. The number of fused-ring (bicyclic) bond motifs is 1. The molecule has 1 aliphatic rings. The first-order valence-corrected chi connectivity index (χ1v) is 6.34. The van der Waals surface area contributed by atoms with Crippen LogP contribution >= 0.6 is 12.2 Å². The minimum atomic E-state index is 0.363. The fourth-order valence-corrected chi connectivity index (χ4v) is 2.23. The predicted octanol–water partition coefficient (Wildman–Crippen LogP) is 2.16. The highest BCUT2D eigenvalue weighted by Gasteiger charge is 2.17. The molecule has 0 aliphatic carbocycles. The number of ether oxygens (including phenoxy) is 1. The van der Waals surface area contributed by atoms with Crippen molar-refractivity contribution < 1.29 is 4.74 Å². The standard InChI is InChI=1S/C13H18N2OS/c1-10(2)14-13(17)15-7-8-16-12-6-4-3-5-11(12)9-15/h3-6,10H,7-9H2,1-2H3,(H,14,17). The quantitative estimate of drug-likeness (QED) is 0.772. The summed E-state index contributed by atoms with van der Waals surface area (Å²) in [7, 11) is 0. The van der Waals surface area contributed by atoms with Crippen molar-refractivity contribution in [2.75, 3.05) is 13.2 Å².